The van der Waals surface area contributed by atoms with Gasteiger partial charge in [0.1, 0.15) is 18.2 Å². The molecule has 1 aromatic rings. The predicted molar refractivity (Wildman–Crippen MR) is 104 cm³/mol. The lowest BCUT2D eigenvalue weighted by molar-refractivity contribution is -0.150. The molecule has 156 valence electrons. The summed E-state index contributed by atoms with van der Waals surface area (Å²) in [5, 5.41) is 2.53. The minimum absolute atomic E-state index is 0.0723. The van der Waals surface area contributed by atoms with Gasteiger partial charge in [-0.3, -0.25) is 4.79 Å². The average Bonchev–Trinajstić information content (AvgIpc) is 2.63. The summed E-state index contributed by atoms with van der Waals surface area (Å²) in [6.45, 7) is 7.18. The van der Waals surface area contributed by atoms with Crippen molar-refractivity contribution in [1.29, 1.82) is 0 Å². The molecule has 0 heterocycles. The quantitative estimate of drug-likeness (QED) is 0.509. The normalized spacial score (nSPS) is 13.2. The van der Waals surface area contributed by atoms with Gasteiger partial charge < -0.3 is 19.5 Å². The highest BCUT2D eigenvalue weighted by Crippen LogP contribution is 2.18. The van der Waals surface area contributed by atoms with Crippen LogP contribution in [0.15, 0.2) is 30.3 Å². The van der Waals surface area contributed by atoms with Crippen LogP contribution in [0.1, 0.15) is 52.5 Å². The standard InChI is InChI=1S/C21H31NO6/c1-6-10-16(18(23)26-5)13-17(22-20(25)28-21(2,3)4)19(24)27-14-15-11-8-7-9-12-15/h7-9,11-12,16-17H,6,10,13-14H2,1-5H3,(H,22,25). The Hall–Kier alpha value is -2.57. The summed E-state index contributed by atoms with van der Waals surface area (Å²) in [7, 11) is 1.30. The maximum Gasteiger partial charge on any atom is 0.408 e. The number of benzene rings is 1. The van der Waals surface area contributed by atoms with Crippen LogP contribution in [0.4, 0.5) is 4.79 Å². The molecule has 1 aromatic carbocycles. The van der Waals surface area contributed by atoms with Crippen LogP contribution in [0.3, 0.4) is 0 Å². The van der Waals surface area contributed by atoms with Crippen LogP contribution in [-0.2, 0) is 30.4 Å². The highest BCUT2D eigenvalue weighted by molar-refractivity contribution is 5.82. The van der Waals surface area contributed by atoms with E-state index in [-0.39, 0.29) is 13.0 Å². The number of esters is 2. The Morgan fingerprint density at radius 2 is 1.71 bits per heavy atom. The van der Waals surface area contributed by atoms with Crippen LogP contribution in [0.5, 0.6) is 0 Å². The summed E-state index contributed by atoms with van der Waals surface area (Å²) in [6, 6.07) is 8.19. The molecule has 0 aliphatic carbocycles. The molecule has 0 spiro atoms. The van der Waals surface area contributed by atoms with Crippen LogP contribution in [0.25, 0.3) is 0 Å². The summed E-state index contributed by atoms with van der Waals surface area (Å²) in [6.07, 6.45) is 0.602. The molecule has 7 nitrogen and oxygen atoms in total. The maximum atomic E-state index is 12.6. The number of rotatable bonds is 9. The Bertz CT molecular complexity index is 638. The van der Waals surface area contributed by atoms with Crippen molar-refractivity contribution in [3.8, 4) is 0 Å². The zero-order valence-corrected chi connectivity index (χ0v) is 17.3. The van der Waals surface area contributed by atoms with E-state index in [1.165, 1.54) is 7.11 Å². The fourth-order valence-electron chi connectivity index (χ4n) is 2.62. The fourth-order valence-corrected chi connectivity index (χ4v) is 2.62. The Kier molecular flexibility index (Phi) is 9.48. The van der Waals surface area contributed by atoms with E-state index in [1.807, 2.05) is 37.3 Å². The molecule has 0 fully saturated rings. The molecule has 0 saturated carbocycles. The van der Waals surface area contributed by atoms with Gasteiger partial charge in [-0.1, -0.05) is 43.7 Å². The monoisotopic (exact) mass is 393 g/mol. The number of hydrogen-bond donors (Lipinski definition) is 1. The third kappa shape index (κ3) is 8.88. The molecule has 0 aliphatic rings. The molecule has 2 unspecified atom stereocenters. The number of hydrogen-bond acceptors (Lipinski definition) is 6. The number of carbonyl (C=O) groups excluding carboxylic acids is 3. The van der Waals surface area contributed by atoms with E-state index < -0.39 is 35.6 Å². The smallest absolute Gasteiger partial charge is 0.408 e. The third-order valence-electron chi connectivity index (χ3n) is 3.89. The molecule has 0 aliphatic heterocycles. The second-order valence-corrected chi connectivity index (χ2v) is 7.54. The van der Waals surface area contributed by atoms with Crippen molar-refractivity contribution in [2.75, 3.05) is 7.11 Å². The first-order chi connectivity index (χ1) is 13.2. The lowest BCUT2D eigenvalue weighted by atomic mass is 9.95. The molecule has 7 heteroatoms. The van der Waals surface area contributed by atoms with Gasteiger partial charge in [-0.2, -0.15) is 0 Å². The zero-order chi connectivity index (χ0) is 21.2. The summed E-state index contributed by atoms with van der Waals surface area (Å²) in [5.41, 5.74) is 0.109. The lowest BCUT2D eigenvalue weighted by Crippen LogP contribution is -2.46. The van der Waals surface area contributed by atoms with E-state index >= 15 is 0 Å². The fraction of sp³-hybridized carbons (Fsp3) is 0.571. The summed E-state index contributed by atoms with van der Waals surface area (Å²) < 4.78 is 15.4. The zero-order valence-electron chi connectivity index (χ0n) is 17.3. The van der Waals surface area contributed by atoms with E-state index in [0.29, 0.717) is 6.42 Å². The van der Waals surface area contributed by atoms with Crippen molar-refractivity contribution >= 4 is 18.0 Å². The maximum absolute atomic E-state index is 12.6. The van der Waals surface area contributed by atoms with Crippen LogP contribution in [0, 0.1) is 5.92 Å². The van der Waals surface area contributed by atoms with Crippen LogP contribution < -0.4 is 5.32 Å². The highest BCUT2D eigenvalue weighted by atomic mass is 16.6. The molecule has 0 aromatic heterocycles. The van der Waals surface area contributed by atoms with E-state index in [4.69, 9.17) is 14.2 Å². The number of methoxy groups -OCH3 is 1. The third-order valence-corrected chi connectivity index (χ3v) is 3.89. The summed E-state index contributed by atoms with van der Waals surface area (Å²) in [4.78, 5) is 36.8. The molecular formula is C21H31NO6. The average molecular weight is 393 g/mol. The molecule has 1 amide bonds. The minimum Gasteiger partial charge on any atom is -0.469 e. The predicted octanol–water partition coefficient (Wildman–Crippen LogP) is 3.60. The first-order valence-corrected chi connectivity index (χ1v) is 9.44. The van der Waals surface area contributed by atoms with Gasteiger partial charge in [0.15, 0.2) is 0 Å². The molecular weight excluding hydrogens is 362 g/mol. The molecule has 2 atom stereocenters. The van der Waals surface area contributed by atoms with E-state index in [1.54, 1.807) is 20.8 Å². The molecule has 0 radical (unpaired) electrons. The number of alkyl carbamates (subject to hydrolysis) is 1. The molecule has 1 rings (SSSR count). The topological polar surface area (TPSA) is 90.9 Å². The van der Waals surface area contributed by atoms with E-state index in [9.17, 15) is 14.4 Å². The summed E-state index contributed by atoms with van der Waals surface area (Å²) >= 11 is 0. The van der Waals surface area contributed by atoms with E-state index in [0.717, 1.165) is 12.0 Å². The van der Waals surface area contributed by atoms with Crippen molar-refractivity contribution in [3.63, 3.8) is 0 Å². The van der Waals surface area contributed by atoms with Gasteiger partial charge in [-0.15, -0.1) is 0 Å². The van der Waals surface area contributed by atoms with Crippen LogP contribution in [-0.4, -0.2) is 36.8 Å². The van der Waals surface area contributed by atoms with Gasteiger partial charge in [0.25, 0.3) is 0 Å². The Labute approximate surface area is 166 Å². The Morgan fingerprint density at radius 3 is 2.25 bits per heavy atom. The first-order valence-electron chi connectivity index (χ1n) is 9.44. The van der Waals surface area contributed by atoms with E-state index in [2.05, 4.69) is 5.32 Å². The van der Waals surface area contributed by atoms with Crippen molar-refractivity contribution < 1.29 is 28.6 Å². The van der Waals surface area contributed by atoms with Gasteiger partial charge in [0.2, 0.25) is 0 Å². The minimum atomic E-state index is -1.02. The molecule has 28 heavy (non-hydrogen) atoms. The number of amides is 1. The van der Waals surface area contributed by atoms with Crippen LogP contribution >= 0.6 is 0 Å². The molecule has 0 bridgehead atoms. The SMILES string of the molecule is CCCC(CC(NC(=O)OC(C)(C)C)C(=O)OCc1ccccc1)C(=O)OC. The van der Waals surface area contributed by atoms with Crippen molar-refractivity contribution in [2.45, 2.75) is 65.2 Å². The Balaban J connectivity index is 2.86. The van der Waals surface area contributed by atoms with Crippen molar-refractivity contribution in [1.82, 2.24) is 5.32 Å². The van der Waals surface area contributed by atoms with Crippen molar-refractivity contribution in [2.24, 2.45) is 5.92 Å². The second-order valence-electron chi connectivity index (χ2n) is 7.54. The largest absolute Gasteiger partial charge is 0.469 e. The van der Waals surface area contributed by atoms with Crippen LogP contribution in [0.2, 0.25) is 0 Å². The molecule has 0 saturated heterocycles. The number of carbonyl (C=O) groups is 3. The number of ether oxygens (including phenoxy) is 3. The van der Waals surface area contributed by atoms with Gasteiger partial charge in [0.05, 0.1) is 13.0 Å². The highest BCUT2D eigenvalue weighted by Gasteiger charge is 2.31. The van der Waals surface area contributed by atoms with Crippen molar-refractivity contribution in [3.05, 3.63) is 35.9 Å². The van der Waals surface area contributed by atoms with Gasteiger partial charge in [-0.25, -0.2) is 9.59 Å². The lowest BCUT2D eigenvalue weighted by Gasteiger charge is -2.24. The first kappa shape index (κ1) is 23.5. The number of nitrogens with one attached hydrogen (secondary N) is 1. The molecule has 1 N–H and O–H groups in total. The second kappa shape index (κ2) is 11.3. The summed E-state index contributed by atoms with van der Waals surface area (Å²) in [5.74, 6) is -1.58. The van der Waals surface area contributed by atoms with Gasteiger partial charge in [0, 0.05) is 0 Å². The van der Waals surface area contributed by atoms with Gasteiger partial charge >= 0.3 is 18.0 Å². The Morgan fingerprint density at radius 1 is 1.07 bits per heavy atom. The van der Waals surface area contributed by atoms with Gasteiger partial charge in [-0.05, 0) is 39.2 Å².